The Kier molecular flexibility index (Phi) is 26.2. The van der Waals surface area contributed by atoms with Gasteiger partial charge < -0.3 is 0 Å². The Morgan fingerprint density at radius 1 is 0.600 bits per heavy atom. The van der Waals surface area contributed by atoms with Gasteiger partial charge in [0.05, 0.1) is 0 Å². The fourth-order valence-corrected chi connectivity index (χ4v) is 12.1. The van der Waals surface area contributed by atoms with E-state index in [1.54, 1.807) is 57.8 Å². The van der Waals surface area contributed by atoms with Crippen molar-refractivity contribution in [3.05, 3.63) is 0 Å². The monoisotopic (exact) mass is 635 g/mol. The van der Waals surface area contributed by atoms with Crippen molar-refractivity contribution in [2.45, 2.75) is 232 Å². The molecule has 0 amide bonds. The van der Waals surface area contributed by atoms with Crippen LogP contribution in [0.1, 0.15) is 232 Å². The highest BCUT2D eigenvalue weighted by atomic mass is 14.7. The molecule has 0 aromatic heterocycles. The molecule has 0 bridgehead atoms. The maximum Gasteiger partial charge on any atom is -0.0204 e. The first-order valence-electron chi connectivity index (χ1n) is 20.1. The standard InChI is InChI=1S/C30H54.C9H18.C2H6.4CH4/c1-5-15-25(24-17-12-11-16-23(24)7-3)26-18-9-8-10-19-27-29(22(4)6-2)28-20-13-14-21-30(26,27)28;1-2-6-9-7-4-3-5-8-9;1-2;;;;/h22-29H,5-21H2,1-4H3;9H,2-8H2,1H3;1-2H3;4*1H4. The first-order valence-corrected chi connectivity index (χ1v) is 20.1. The van der Waals surface area contributed by atoms with Gasteiger partial charge in [0.1, 0.15) is 0 Å². The molecule has 45 heavy (non-hydrogen) atoms. The largest absolute Gasteiger partial charge is 0.0776 e. The van der Waals surface area contributed by atoms with Crippen molar-refractivity contribution in [3.8, 4) is 0 Å². The molecule has 0 N–H and O–H groups in total. The van der Waals surface area contributed by atoms with Crippen LogP contribution in [-0.2, 0) is 0 Å². The predicted octanol–water partition coefficient (Wildman–Crippen LogP) is 16.6. The second-order valence-electron chi connectivity index (χ2n) is 15.6. The highest BCUT2D eigenvalue weighted by Gasteiger charge is 2.66. The maximum absolute atomic E-state index is 2.62. The van der Waals surface area contributed by atoms with Crippen LogP contribution in [0.25, 0.3) is 0 Å². The van der Waals surface area contributed by atoms with E-state index in [0.29, 0.717) is 0 Å². The third kappa shape index (κ3) is 11.3. The molecule has 1 spiro atoms. The summed E-state index contributed by atoms with van der Waals surface area (Å²) in [5.74, 6) is 9.56. The van der Waals surface area contributed by atoms with Gasteiger partial charge in [-0.25, -0.2) is 0 Å². The molecule has 274 valence electrons. The topological polar surface area (TPSA) is 0 Å². The van der Waals surface area contributed by atoms with Gasteiger partial charge in [-0.05, 0) is 90.8 Å². The average Bonchev–Trinajstić information content (AvgIpc) is 3.02. The van der Waals surface area contributed by atoms with Crippen LogP contribution >= 0.6 is 0 Å². The van der Waals surface area contributed by atoms with E-state index >= 15 is 0 Å². The fraction of sp³-hybridized carbons (Fsp3) is 1.00. The molecule has 0 heterocycles. The number of rotatable bonds is 9. The van der Waals surface area contributed by atoms with Crippen molar-refractivity contribution in [2.24, 2.45) is 58.7 Å². The Balaban J connectivity index is 0. The lowest BCUT2D eigenvalue weighted by Crippen LogP contribution is -2.65. The van der Waals surface area contributed by atoms with Crippen LogP contribution in [0.5, 0.6) is 0 Å². The zero-order chi connectivity index (χ0) is 29.7. The molecule has 0 aromatic carbocycles. The van der Waals surface area contributed by atoms with Crippen LogP contribution in [0, 0.1) is 58.7 Å². The lowest BCUT2D eigenvalue weighted by Gasteiger charge is -2.71. The molecule has 5 rings (SSSR count). The van der Waals surface area contributed by atoms with Crippen LogP contribution in [0.2, 0.25) is 0 Å². The Morgan fingerprint density at radius 3 is 1.69 bits per heavy atom. The lowest BCUT2D eigenvalue weighted by molar-refractivity contribution is -0.229. The van der Waals surface area contributed by atoms with Crippen molar-refractivity contribution >= 4 is 0 Å². The predicted molar refractivity (Wildman–Crippen MR) is 211 cm³/mol. The quantitative estimate of drug-likeness (QED) is 0.237. The molecule has 0 radical (unpaired) electrons. The SMILES string of the molecule is C.C.C.C.CC.CCCC(C1CCCCC1CC)C1CCCCCC2C(C(C)CC)C3CCCCC123.CCCC1CCCCC1. The van der Waals surface area contributed by atoms with Gasteiger partial charge in [0, 0.05) is 0 Å². The van der Waals surface area contributed by atoms with E-state index < -0.39 is 0 Å². The summed E-state index contributed by atoms with van der Waals surface area (Å²) in [7, 11) is 0. The molecule has 5 fully saturated rings. The zero-order valence-electron chi connectivity index (χ0n) is 29.7. The fourth-order valence-electron chi connectivity index (χ4n) is 12.1. The van der Waals surface area contributed by atoms with Gasteiger partial charge in [-0.15, -0.1) is 0 Å². The van der Waals surface area contributed by atoms with Crippen molar-refractivity contribution in [1.29, 1.82) is 0 Å². The summed E-state index contributed by atoms with van der Waals surface area (Å²) in [4.78, 5) is 0. The van der Waals surface area contributed by atoms with Crippen LogP contribution in [0.15, 0.2) is 0 Å². The summed E-state index contributed by atoms with van der Waals surface area (Å²) in [6.07, 6.45) is 36.5. The molecule has 0 aliphatic heterocycles. The molecule has 5 aliphatic carbocycles. The number of hydrogen-bond donors (Lipinski definition) is 0. The van der Waals surface area contributed by atoms with Gasteiger partial charge >= 0.3 is 0 Å². The molecular formula is C45H94. The minimum atomic E-state index is 0. The van der Waals surface area contributed by atoms with Gasteiger partial charge in [-0.3, -0.25) is 0 Å². The molecule has 0 aromatic rings. The molecule has 5 aliphatic rings. The van der Waals surface area contributed by atoms with Crippen LogP contribution in [0.3, 0.4) is 0 Å². The van der Waals surface area contributed by atoms with E-state index in [0.717, 1.165) is 58.7 Å². The van der Waals surface area contributed by atoms with E-state index in [4.69, 9.17) is 0 Å². The maximum atomic E-state index is 2.62. The van der Waals surface area contributed by atoms with E-state index in [1.165, 1.54) is 96.3 Å². The van der Waals surface area contributed by atoms with Crippen LogP contribution in [0.4, 0.5) is 0 Å². The molecule has 0 heteroatoms. The molecule has 9 unspecified atom stereocenters. The second kappa shape index (κ2) is 25.0. The Labute approximate surface area is 290 Å². The Hall–Kier alpha value is 0. The zero-order valence-corrected chi connectivity index (χ0v) is 29.7. The third-order valence-corrected chi connectivity index (χ3v) is 13.8. The van der Waals surface area contributed by atoms with Crippen molar-refractivity contribution in [3.63, 3.8) is 0 Å². The molecule has 0 saturated heterocycles. The van der Waals surface area contributed by atoms with E-state index in [1.807, 2.05) is 13.8 Å². The second-order valence-corrected chi connectivity index (χ2v) is 15.6. The lowest BCUT2D eigenvalue weighted by atomic mass is 9.34. The van der Waals surface area contributed by atoms with Gasteiger partial charge in [-0.1, -0.05) is 200 Å². The van der Waals surface area contributed by atoms with Crippen molar-refractivity contribution in [1.82, 2.24) is 0 Å². The van der Waals surface area contributed by atoms with Crippen molar-refractivity contribution in [2.75, 3.05) is 0 Å². The Morgan fingerprint density at radius 2 is 1.13 bits per heavy atom. The van der Waals surface area contributed by atoms with Crippen LogP contribution in [-0.4, -0.2) is 0 Å². The average molecular weight is 635 g/mol. The van der Waals surface area contributed by atoms with E-state index in [9.17, 15) is 0 Å². The Bertz CT molecular complexity index is 656. The molecule has 0 nitrogen and oxygen atoms in total. The summed E-state index contributed by atoms with van der Waals surface area (Å²) < 4.78 is 0. The third-order valence-electron chi connectivity index (χ3n) is 13.8. The normalized spacial score (nSPS) is 33.9. The molecule has 5 saturated carbocycles. The first kappa shape index (κ1) is 47.1. The first-order chi connectivity index (χ1) is 20.1. The van der Waals surface area contributed by atoms with Gasteiger partial charge in [0.15, 0.2) is 0 Å². The molecular weight excluding hydrogens is 540 g/mol. The highest BCUT2D eigenvalue weighted by molar-refractivity contribution is 5.14. The minimum absolute atomic E-state index is 0. The van der Waals surface area contributed by atoms with E-state index in [2.05, 4.69) is 34.6 Å². The number of hydrogen-bond acceptors (Lipinski definition) is 0. The van der Waals surface area contributed by atoms with Gasteiger partial charge in [0.2, 0.25) is 0 Å². The highest BCUT2D eigenvalue weighted by Crippen LogP contribution is 2.72. The summed E-state index contributed by atoms with van der Waals surface area (Å²) in [6.45, 7) is 16.4. The summed E-state index contributed by atoms with van der Waals surface area (Å²) in [5.41, 5.74) is 0.766. The molecule has 9 atom stereocenters. The van der Waals surface area contributed by atoms with Gasteiger partial charge in [0.25, 0.3) is 0 Å². The summed E-state index contributed by atoms with van der Waals surface area (Å²) >= 11 is 0. The van der Waals surface area contributed by atoms with E-state index in [-0.39, 0.29) is 29.7 Å². The minimum Gasteiger partial charge on any atom is -0.0776 e. The summed E-state index contributed by atoms with van der Waals surface area (Å²) in [6, 6.07) is 0. The van der Waals surface area contributed by atoms with Crippen LogP contribution < -0.4 is 0 Å². The summed E-state index contributed by atoms with van der Waals surface area (Å²) in [5, 5.41) is 0. The van der Waals surface area contributed by atoms with Gasteiger partial charge in [-0.2, -0.15) is 0 Å². The van der Waals surface area contributed by atoms with Crippen molar-refractivity contribution < 1.29 is 0 Å². The smallest absolute Gasteiger partial charge is 0.0204 e.